The molecule has 0 aliphatic carbocycles. The first-order valence-corrected chi connectivity index (χ1v) is 11.7. The van der Waals surface area contributed by atoms with Crippen molar-refractivity contribution in [1.82, 2.24) is 14.8 Å². The third kappa shape index (κ3) is 5.29. The highest BCUT2D eigenvalue weighted by Crippen LogP contribution is 2.39. The van der Waals surface area contributed by atoms with Gasteiger partial charge in [0.05, 0.1) is 31.4 Å². The van der Waals surface area contributed by atoms with E-state index in [2.05, 4.69) is 23.7 Å². The normalized spacial score (nSPS) is 20.8. The van der Waals surface area contributed by atoms with Crippen LogP contribution < -0.4 is 4.74 Å². The van der Waals surface area contributed by atoms with E-state index in [1.807, 2.05) is 0 Å². The molecular formula is C26H31N3O5. The minimum absolute atomic E-state index is 0.0917. The van der Waals surface area contributed by atoms with Gasteiger partial charge in [-0.2, -0.15) is 0 Å². The van der Waals surface area contributed by atoms with Crippen LogP contribution in [-0.4, -0.2) is 77.6 Å². The van der Waals surface area contributed by atoms with Crippen molar-refractivity contribution in [2.45, 2.75) is 19.9 Å². The monoisotopic (exact) mass is 465 g/mol. The molecule has 0 radical (unpaired) electrons. The standard InChI is InChI=1S/C26H31N3O5/c1-18(2)17-34-21-5-3-20(4-6-21)24(30)22-23(19-7-9-27-10-8-19)29(26(32)25(22)31)12-11-28-13-15-33-16-14-28/h3-10,18,23,30H,11-17H2,1-2H3/b24-22-. The molecule has 1 aromatic heterocycles. The average molecular weight is 466 g/mol. The van der Waals surface area contributed by atoms with Crippen LogP contribution in [0.2, 0.25) is 0 Å². The number of nitrogens with zero attached hydrogens (tertiary/aromatic N) is 3. The van der Waals surface area contributed by atoms with Crippen LogP contribution in [0.1, 0.15) is 31.0 Å². The maximum atomic E-state index is 13.1. The van der Waals surface area contributed by atoms with Gasteiger partial charge in [-0.25, -0.2) is 0 Å². The lowest BCUT2D eigenvalue weighted by Gasteiger charge is -2.31. The number of carbonyl (C=O) groups excluding carboxylic acids is 2. The smallest absolute Gasteiger partial charge is 0.295 e. The van der Waals surface area contributed by atoms with E-state index in [1.165, 1.54) is 0 Å². The van der Waals surface area contributed by atoms with Gasteiger partial charge in [0.15, 0.2) is 0 Å². The zero-order chi connectivity index (χ0) is 24.1. The molecule has 2 aliphatic rings. The van der Waals surface area contributed by atoms with Crippen LogP contribution >= 0.6 is 0 Å². The topological polar surface area (TPSA) is 92.2 Å². The van der Waals surface area contributed by atoms with E-state index in [0.29, 0.717) is 50.1 Å². The Morgan fingerprint density at radius 1 is 1.09 bits per heavy atom. The SMILES string of the molecule is CC(C)COc1ccc(/C(O)=C2/C(=O)C(=O)N(CCN3CCOCC3)C2c2ccncc2)cc1. The number of pyridine rings is 1. The summed E-state index contributed by atoms with van der Waals surface area (Å²) < 4.78 is 11.1. The van der Waals surface area contributed by atoms with Crippen LogP contribution in [0.25, 0.3) is 5.76 Å². The van der Waals surface area contributed by atoms with Gasteiger partial charge in [-0.3, -0.25) is 19.5 Å². The number of benzene rings is 1. The van der Waals surface area contributed by atoms with E-state index in [0.717, 1.165) is 18.7 Å². The number of ether oxygens (including phenoxy) is 2. The second-order valence-electron chi connectivity index (χ2n) is 8.96. The molecule has 180 valence electrons. The summed E-state index contributed by atoms with van der Waals surface area (Å²) in [6.45, 7) is 8.60. The molecule has 0 bridgehead atoms. The van der Waals surface area contributed by atoms with Gasteiger partial charge in [0.25, 0.3) is 11.7 Å². The molecule has 1 aromatic carbocycles. The summed E-state index contributed by atoms with van der Waals surface area (Å²) in [4.78, 5) is 34.0. The summed E-state index contributed by atoms with van der Waals surface area (Å²) in [5.74, 6) is -0.400. The predicted octanol–water partition coefficient (Wildman–Crippen LogP) is 2.87. The van der Waals surface area contributed by atoms with Crippen molar-refractivity contribution in [2.75, 3.05) is 46.0 Å². The number of carbonyl (C=O) groups is 2. The molecule has 1 amide bonds. The van der Waals surface area contributed by atoms with Crippen molar-refractivity contribution in [2.24, 2.45) is 5.92 Å². The van der Waals surface area contributed by atoms with Crippen LogP contribution in [0.4, 0.5) is 0 Å². The maximum Gasteiger partial charge on any atom is 0.295 e. The van der Waals surface area contributed by atoms with Crippen LogP contribution in [-0.2, 0) is 14.3 Å². The minimum atomic E-state index is -0.680. The Balaban J connectivity index is 1.64. The third-order valence-electron chi connectivity index (χ3n) is 6.03. The lowest BCUT2D eigenvalue weighted by molar-refractivity contribution is -0.140. The molecule has 1 unspecified atom stereocenters. The Morgan fingerprint density at radius 3 is 2.41 bits per heavy atom. The van der Waals surface area contributed by atoms with E-state index in [9.17, 15) is 14.7 Å². The van der Waals surface area contributed by atoms with Gasteiger partial charge in [-0.05, 0) is 47.9 Å². The number of amides is 1. The first-order valence-electron chi connectivity index (χ1n) is 11.7. The van der Waals surface area contributed by atoms with E-state index in [-0.39, 0.29) is 11.3 Å². The number of hydrogen-bond acceptors (Lipinski definition) is 7. The molecule has 1 atom stereocenters. The number of aliphatic hydroxyl groups excluding tert-OH is 1. The Labute approximate surface area is 199 Å². The molecule has 3 heterocycles. The van der Waals surface area contributed by atoms with Crippen molar-refractivity contribution >= 4 is 17.4 Å². The Bertz CT molecular complexity index is 1030. The number of morpholine rings is 1. The second-order valence-corrected chi connectivity index (χ2v) is 8.96. The van der Waals surface area contributed by atoms with Crippen molar-refractivity contribution in [3.63, 3.8) is 0 Å². The molecule has 2 fully saturated rings. The number of likely N-dealkylation sites (tertiary alicyclic amines) is 1. The highest BCUT2D eigenvalue weighted by atomic mass is 16.5. The Morgan fingerprint density at radius 2 is 1.76 bits per heavy atom. The predicted molar refractivity (Wildman–Crippen MR) is 127 cm³/mol. The van der Waals surface area contributed by atoms with Gasteiger partial charge >= 0.3 is 0 Å². The molecule has 2 aliphatic heterocycles. The van der Waals surface area contributed by atoms with Gasteiger partial charge in [0.2, 0.25) is 0 Å². The molecule has 2 saturated heterocycles. The number of aromatic nitrogens is 1. The fraction of sp³-hybridized carbons (Fsp3) is 0.423. The first kappa shape index (κ1) is 23.9. The molecular weight excluding hydrogens is 434 g/mol. The summed E-state index contributed by atoms with van der Waals surface area (Å²) in [5.41, 5.74) is 1.28. The largest absolute Gasteiger partial charge is 0.507 e. The van der Waals surface area contributed by atoms with Crippen molar-refractivity contribution in [3.05, 3.63) is 65.5 Å². The highest BCUT2D eigenvalue weighted by molar-refractivity contribution is 6.46. The van der Waals surface area contributed by atoms with Gasteiger partial charge in [0, 0.05) is 44.1 Å². The molecule has 4 rings (SSSR count). The van der Waals surface area contributed by atoms with Crippen molar-refractivity contribution < 1.29 is 24.2 Å². The average Bonchev–Trinajstić information content (AvgIpc) is 3.12. The molecule has 34 heavy (non-hydrogen) atoms. The number of aliphatic hydroxyl groups is 1. The molecule has 0 spiro atoms. The quantitative estimate of drug-likeness (QED) is 0.364. The molecule has 8 heteroatoms. The second kappa shape index (κ2) is 10.8. The lowest BCUT2D eigenvalue weighted by Crippen LogP contribution is -2.42. The fourth-order valence-corrected chi connectivity index (χ4v) is 4.20. The summed E-state index contributed by atoms with van der Waals surface area (Å²) in [7, 11) is 0. The van der Waals surface area contributed by atoms with Crippen LogP contribution in [0, 0.1) is 5.92 Å². The number of Topliss-reactive ketones (excluding diaryl/α,β-unsaturated/α-hetero) is 1. The lowest BCUT2D eigenvalue weighted by atomic mass is 9.96. The summed E-state index contributed by atoms with van der Waals surface area (Å²) in [6.07, 6.45) is 3.25. The molecule has 2 aromatic rings. The zero-order valence-electron chi connectivity index (χ0n) is 19.6. The van der Waals surface area contributed by atoms with Crippen molar-refractivity contribution in [3.8, 4) is 5.75 Å². The van der Waals surface area contributed by atoms with Gasteiger partial charge < -0.3 is 19.5 Å². The number of hydrogen-bond donors (Lipinski definition) is 1. The summed E-state index contributed by atoms with van der Waals surface area (Å²) in [5, 5.41) is 11.2. The minimum Gasteiger partial charge on any atom is -0.507 e. The van der Waals surface area contributed by atoms with Gasteiger partial charge in [-0.1, -0.05) is 13.8 Å². The van der Waals surface area contributed by atoms with E-state index < -0.39 is 17.7 Å². The Kier molecular flexibility index (Phi) is 7.59. The Hall–Kier alpha value is -3.23. The van der Waals surface area contributed by atoms with E-state index >= 15 is 0 Å². The van der Waals surface area contributed by atoms with Gasteiger partial charge in [-0.15, -0.1) is 0 Å². The third-order valence-corrected chi connectivity index (χ3v) is 6.03. The fourth-order valence-electron chi connectivity index (χ4n) is 4.20. The summed E-state index contributed by atoms with van der Waals surface area (Å²) in [6, 6.07) is 9.79. The number of ketones is 1. The van der Waals surface area contributed by atoms with Crippen LogP contribution in [0.3, 0.4) is 0 Å². The van der Waals surface area contributed by atoms with Gasteiger partial charge in [0.1, 0.15) is 11.5 Å². The first-order chi connectivity index (χ1) is 16.5. The molecule has 0 saturated carbocycles. The molecule has 8 nitrogen and oxygen atoms in total. The summed E-state index contributed by atoms with van der Waals surface area (Å²) >= 11 is 0. The zero-order valence-corrected chi connectivity index (χ0v) is 19.6. The molecule has 1 N–H and O–H groups in total. The van der Waals surface area contributed by atoms with E-state index in [4.69, 9.17) is 9.47 Å². The van der Waals surface area contributed by atoms with Crippen LogP contribution in [0.5, 0.6) is 5.75 Å². The number of rotatable bonds is 8. The van der Waals surface area contributed by atoms with E-state index in [1.54, 1.807) is 53.7 Å². The maximum absolute atomic E-state index is 13.1. The highest BCUT2D eigenvalue weighted by Gasteiger charge is 2.46. The van der Waals surface area contributed by atoms with Crippen LogP contribution in [0.15, 0.2) is 54.4 Å². The van der Waals surface area contributed by atoms with Crippen molar-refractivity contribution in [1.29, 1.82) is 0 Å².